The summed E-state index contributed by atoms with van der Waals surface area (Å²) in [5, 5.41) is 6.35. The molecule has 0 aliphatic carbocycles. The van der Waals surface area contributed by atoms with Gasteiger partial charge in [0.2, 0.25) is 5.91 Å². The number of fused-ring (bicyclic) bond motifs is 1. The minimum atomic E-state index is 0.106. The second-order valence-corrected chi connectivity index (χ2v) is 9.62. The van der Waals surface area contributed by atoms with E-state index in [1.165, 1.54) is 20.2 Å². The van der Waals surface area contributed by atoms with Crippen LogP contribution < -0.4 is 0 Å². The summed E-state index contributed by atoms with van der Waals surface area (Å²) in [5.74, 6) is 1.73. The molecule has 1 aliphatic heterocycles. The van der Waals surface area contributed by atoms with Crippen LogP contribution in [0.15, 0.2) is 46.5 Å². The van der Waals surface area contributed by atoms with Crippen LogP contribution in [0.4, 0.5) is 0 Å². The Labute approximate surface area is 158 Å². The molecule has 0 saturated heterocycles. The molecule has 4 rings (SSSR count). The van der Waals surface area contributed by atoms with E-state index in [9.17, 15) is 4.79 Å². The normalized spacial score (nSPS) is 17.0. The lowest BCUT2D eigenvalue weighted by atomic mass is 9.98. The van der Waals surface area contributed by atoms with Gasteiger partial charge in [0.05, 0.1) is 11.8 Å². The molecule has 0 radical (unpaired) electrons. The van der Waals surface area contributed by atoms with Crippen LogP contribution in [0.2, 0.25) is 0 Å². The molecule has 1 aliphatic rings. The molecule has 6 heteroatoms. The summed E-state index contributed by atoms with van der Waals surface area (Å²) in [4.78, 5) is 19.0. The Hall–Kier alpha value is -1.08. The third kappa shape index (κ3) is 3.33. The van der Waals surface area contributed by atoms with Crippen molar-refractivity contribution in [3.63, 3.8) is 0 Å². The van der Waals surface area contributed by atoms with E-state index in [0.717, 1.165) is 18.7 Å². The molecule has 124 valence electrons. The number of carbonyl (C=O) groups is 1. The van der Waals surface area contributed by atoms with Crippen LogP contribution in [0.5, 0.6) is 0 Å². The first-order valence-electron chi connectivity index (χ1n) is 7.82. The summed E-state index contributed by atoms with van der Waals surface area (Å²) < 4.78 is 0. The smallest absolute Gasteiger partial charge is 0.233 e. The molecular weight excluding hydrogens is 374 g/mol. The van der Waals surface area contributed by atoms with E-state index < -0.39 is 0 Å². The number of hydrogen-bond donors (Lipinski definition) is 0. The summed E-state index contributed by atoms with van der Waals surface area (Å²) in [7, 11) is 0. The van der Waals surface area contributed by atoms with Gasteiger partial charge in [0, 0.05) is 26.9 Å². The Balaban J connectivity index is 1.49. The largest absolute Gasteiger partial charge is 0.330 e. The van der Waals surface area contributed by atoms with Gasteiger partial charge in [-0.2, -0.15) is 0 Å². The maximum atomic E-state index is 12.9. The first kappa shape index (κ1) is 16.4. The molecule has 4 heterocycles. The van der Waals surface area contributed by atoms with E-state index in [1.54, 1.807) is 34.4 Å². The minimum Gasteiger partial charge on any atom is -0.330 e. The summed E-state index contributed by atoms with van der Waals surface area (Å²) in [6.45, 7) is 0.828. The van der Waals surface area contributed by atoms with Gasteiger partial charge < -0.3 is 4.90 Å². The maximum Gasteiger partial charge on any atom is 0.233 e. The number of amides is 1. The van der Waals surface area contributed by atoms with Crippen molar-refractivity contribution in [2.75, 3.05) is 12.3 Å². The number of nitrogens with zero attached hydrogens (tertiary/aromatic N) is 1. The quantitative estimate of drug-likeness (QED) is 0.590. The van der Waals surface area contributed by atoms with Gasteiger partial charge in [0.1, 0.15) is 0 Å². The maximum absolute atomic E-state index is 12.9. The minimum absolute atomic E-state index is 0.106. The Kier molecular flexibility index (Phi) is 5.08. The van der Waals surface area contributed by atoms with E-state index in [0.29, 0.717) is 5.75 Å². The molecule has 0 aromatic carbocycles. The van der Waals surface area contributed by atoms with Crippen LogP contribution in [0, 0.1) is 0 Å². The van der Waals surface area contributed by atoms with E-state index in [2.05, 4.69) is 51.4 Å². The molecule has 2 nitrogen and oxygen atoms in total. The summed E-state index contributed by atoms with van der Waals surface area (Å²) in [6.07, 6.45) is 0.982. The van der Waals surface area contributed by atoms with Crippen molar-refractivity contribution in [2.45, 2.75) is 18.2 Å². The zero-order chi connectivity index (χ0) is 16.4. The highest BCUT2D eigenvalue weighted by molar-refractivity contribution is 7.99. The summed E-state index contributed by atoms with van der Waals surface area (Å²) in [5.41, 5.74) is 1.32. The SMILES string of the molecule is O=C(CSCc1cccs1)N1CCc2sccc2[C@H]1c1cccs1. The fraction of sp³-hybridized carbons (Fsp3) is 0.278. The highest BCUT2D eigenvalue weighted by Crippen LogP contribution is 2.39. The predicted molar refractivity (Wildman–Crippen MR) is 106 cm³/mol. The van der Waals surface area contributed by atoms with Gasteiger partial charge in [-0.05, 0) is 46.3 Å². The second-order valence-electron chi connectivity index (χ2n) is 5.63. The van der Waals surface area contributed by atoms with Crippen LogP contribution >= 0.6 is 45.8 Å². The van der Waals surface area contributed by atoms with Crippen LogP contribution in [0.25, 0.3) is 0 Å². The molecule has 0 fully saturated rings. The Morgan fingerprint density at radius 3 is 2.79 bits per heavy atom. The molecule has 3 aromatic rings. The highest BCUT2D eigenvalue weighted by atomic mass is 32.2. The predicted octanol–water partition coefficient (Wildman–Crippen LogP) is 5.28. The van der Waals surface area contributed by atoms with E-state index in [1.807, 2.05) is 11.3 Å². The second kappa shape index (κ2) is 7.44. The van der Waals surface area contributed by atoms with E-state index >= 15 is 0 Å². The third-order valence-corrected chi connectivity index (χ3v) is 8.10. The molecular formula is C18H17NOS4. The van der Waals surface area contributed by atoms with Gasteiger partial charge in [-0.1, -0.05) is 12.1 Å². The molecule has 0 unspecified atom stereocenters. The Bertz CT molecular complexity index is 791. The number of carbonyl (C=O) groups excluding carboxylic acids is 1. The summed E-state index contributed by atoms with van der Waals surface area (Å²) in [6, 6.07) is 10.7. The molecule has 0 spiro atoms. The average Bonchev–Trinajstić information content (AvgIpc) is 3.34. The van der Waals surface area contributed by atoms with E-state index in [-0.39, 0.29) is 11.9 Å². The Morgan fingerprint density at radius 1 is 1.12 bits per heavy atom. The molecule has 0 bridgehead atoms. The highest BCUT2D eigenvalue weighted by Gasteiger charge is 2.33. The fourth-order valence-corrected chi connectivity index (χ4v) is 6.56. The topological polar surface area (TPSA) is 20.3 Å². The Morgan fingerprint density at radius 2 is 2.00 bits per heavy atom. The molecule has 24 heavy (non-hydrogen) atoms. The first-order chi connectivity index (χ1) is 11.8. The lowest BCUT2D eigenvalue weighted by Gasteiger charge is -2.35. The van der Waals surface area contributed by atoms with Gasteiger partial charge in [-0.25, -0.2) is 0 Å². The van der Waals surface area contributed by atoms with Gasteiger partial charge in [-0.15, -0.1) is 45.8 Å². The molecule has 1 amide bonds. The standard InChI is InChI=1S/C18H17NOS4/c20-17(12-21-11-13-3-1-8-22-13)19-7-5-15-14(6-10-24-15)18(19)16-4-2-9-23-16/h1-4,6,8-10,18H,5,7,11-12H2/t18-/m0/s1. The van der Waals surface area contributed by atoms with Gasteiger partial charge in [0.15, 0.2) is 0 Å². The van der Waals surface area contributed by atoms with Crippen molar-refractivity contribution in [1.82, 2.24) is 4.90 Å². The summed E-state index contributed by atoms with van der Waals surface area (Å²) >= 11 is 7.04. The van der Waals surface area contributed by atoms with Gasteiger partial charge in [-0.3, -0.25) is 4.79 Å². The lowest BCUT2D eigenvalue weighted by Crippen LogP contribution is -2.40. The van der Waals surface area contributed by atoms with Crippen molar-refractivity contribution in [3.05, 3.63) is 66.7 Å². The van der Waals surface area contributed by atoms with Crippen LogP contribution in [0.3, 0.4) is 0 Å². The van der Waals surface area contributed by atoms with Crippen molar-refractivity contribution in [3.8, 4) is 0 Å². The van der Waals surface area contributed by atoms with E-state index in [4.69, 9.17) is 0 Å². The fourth-order valence-electron chi connectivity index (χ4n) is 3.06. The number of rotatable bonds is 5. The molecule has 0 N–H and O–H groups in total. The third-order valence-electron chi connectivity index (χ3n) is 4.15. The van der Waals surface area contributed by atoms with Crippen molar-refractivity contribution < 1.29 is 4.79 Å². The first-order valence-corrected chi connectivity index (χ1v) is 11.6. The molecule has 1 atom stereocenters. The number of thiophene rings is 3. The van der Waals surface area contributed by atoms with Crippen LogP contribution in [-0.2, 0) is 17.0 Å². The monoisotopic (exact) mass is 391 g/mol. The lowest BCUT2D eigenvalue weighted by molar-refractivity contribution is -0.130. The van der Waals surface area contributed by atoms with Crippen molar-refractivity contribution in [1.29, 1.82) is 0 Å². The van der Waals surface area contributed by atoms with Crippen LogP contribution in [-0.4, -0.2) is 23.1 Å². The van der Waals surface area contributed by atoms with Crippen molar-refractivity contribution >= 4 is 51.7 Å². The van der Waals surface area contributed by atoms with Crippen LogP contribution in [0.1, 0.15) is 26.2 Å². The van der Waals surface area contributed by atoms with Crippen molar-refractivity contribution in [2.24, 2.45) is 0 Å². The number of hydrogen-bond acceptors (Lipinski definition) is 5. The molecule has 0 saturated carbocycles. The molecule has 3 aromatic heterocycles. The zero-order valence-corrected chi connectivity index (χ0v) is 16.3. The number of thioether (sulfide) groups is 1. The average molecular weight is 392 g/mol. The van der Waals surface area contributed by atoms with Gasteiger partial charge in [0.25, 0.3) is 0 Å². The van der Waals surface area contributed by atoms with Gasteiger partial charge >= 0.3 is 0 Å². The zero-order valence-electron chi connectivity index (χ0n) is 13.0.